The Morgan fingerprint density at radius 1 is 1.17 bits per heavy atom. The van der Waals surface area contributed by atoms with Crippen molar-refractivity contribution < 1.29 is 4.74 Å². The number of hydrogen-bond acceptors (Lipinski definition) is 3. The molecule has 0 amide bonds. The summed E-state index contributed by atoms with van der Waals surface area (Å²) in [5.41, 5.74) is 0. The van der Waals surface area contributed by atoms with E-state index in [0.717, 1.165) is 31.3 Å². The first-order valence-corrected chi connectivity index (χ1v) is 7.97. The monoisotopic (exact) mass is 252 g/mol. The molecule has 3 aliphatic heterocycles. The first-order chi connectivity index (χ1) is 8.86. The average molecular weight is 252 g/mol. The number of ether oxygens (including phenoxy) is 1. The highest BCUT2D eigenvalue weighted by atomic mass is 16.5. The van der Waals surface area contributed by atoms with Crippen LogP contribution in [-0.2, 0) is 4.74 Å². The lowest BCUT2D eigenvalue weighted by molar-refractivity contribution is 0.0663. The van der Waals surface area contributed by atoms with Crippen LogP contribution in [0, 0.1) is 0 Å². The Labute approximate surface area is 111 Å². The van der Waals surface area contributed by atoms with E-state index in [2.05, 4.69) is 17.1 Å². The molecular formula is C15H28N2O. The first kappa shape index (κ1) is 12.9. The fourth-order valence-electron chi connectivity index (χ4n) is 4.26. The topological polar surface area (TPSA) is 24.5 Å². The molecule has 0 aromatic heterocycles. The molecule has 3 fully saturated rings. The number of piperidine rings is 1. The van der Waals surface area contributed by atoms with E-state index in [1.165, 1.54) is 51.5 Å². The van der Waals surface area contributed by atoms with E-state index in [1.54, 1.807) is 0 Å². The number of nitrogens with zero attached hydrogens (tertiary/aromatic N) is 1. The summed E-state index contributed by atoms with van der Waals surface area (Å²) in [5, 5.41) is 3.65. The van der Waals surface area contributed by atoms with Crippen LogP contribution < -0.4 is 5.32 Å². The molecule has 3 nitrogen and oxygen atoms in total. The van der Waals surface area contributed by atoms with Gasteiger partial charge in [0.15, 0.2) is 0 Å². The van der Waals surface area contributed by atoms with Gasteiger partial charge in [-0.05, 0) is 51.5 Å². The second-order valence-corrected chi connectivity index (χ2v) is 6.27. The quantitative estimate of drug-likeness (QED) is 0.811. The molecule has 3 rings (SSSR count). The highest BCUT2D eigenvalue weighted by Gasteiger charge is 2.40. The van der Waals surface area contributed by atoms with Gasteiger partial charge in [-0.2, -0.15) is 0 Å². The lowest BCUT2D eigenvalue weighted by Gasteiger charge is -2.39. The Kier molecular flexibility index (Phi) is 4.22. The van der Waals surface area contributed by atoms with Gasteiger partial charge in [-0.25, -0.2) is 0 Å². The van der Waals surface area contributed by atoms with Crippen molar-refractivity contribution in [1.29, 1.82) is 0 Å². The van der Waals surface area contributed by atoms with Crippen LogP contribution >= 0.6 is 0 Å². The van der Waals surface area contributed by atoms with Crippen molar-refractivity contribution in [3.63, 3.8) is 0 Å². The van der Waals surface area contributed by atoms with Crippen LogP contribution in [0.15, 0.2) is 0 Å². The third kappa shape index (κ3) is 2.73. The molecule has 0 aromatic rings. The van der Waals surface area contributed by atoms with Gasteiger partial charge < -0.3 is 10.1 Å². The minimum atomic E-state index is 0.566. The van der Waals surface area contributed by atoms with Gasteiger partial charge in [0.1, 0.15) is 0 Å². The molecule has 18 heavy (non-hydrogen) atoms. The minimum absolute atomic E-state index is 0.566. The maximum absolute atomic E-state index is 5.76. The second kappa shape index (κ2) is 5.89. The summed E-state index contributed by atoms with van der Waals surface area (Å²) in [4.78, 5) is 2.80. The summed E-state index contributed by atoms with van der Waals surface area (Å²) in [5.74, 6) is 0. The first-order valence-electron chi connectivity index (χ1n) is 7.97. The fourth-order valence-corrected chi connectivity index (χ4v) is 4.26. The van der Waals surface area contributed by atoms with E-state index in [1.807, 2.05) is 0 Å². The van der Waals surface area contributed by atoms with Crippen molar-refractivity contribution in [1.82, 2.24) is 10.2 Å². The van der Waals surface area contributed by atoms with E-state index >= 15 is 0 Å². The van der Waals surface area contributed by atoms with Crippen molar-refractivity contribution in [3.8, 4) is 0 Å². The summed E-state index contributed by atoms with van der Waals surface area (Å²) in [7, 11) is 0. The Morgan fingerprint density at radius 3 is 2.56 bits per heavy atom. The Morgan fingerprint density at radius 2 is 1.94 bits per heavy atom. The van der Waals surface area contributed by atoms with Crippen molar-refractivity contribution in [3.05, 3.63) is 0 Å². The zero-order chi connectivity index (χ0) is 12.4. The van der Waals surface area contributed by atoms with Crippen LogP contribution in [0.2, 0.25) is 0 Å². The van der Waals surface area contributed by atoms with E-state index in [0.29, 0.717) is 6.10 Å². The summed E-state index contributed by atoms with van der Waals surface area (Å²) in [6, 6.07) is 2.50. The van der Waals surface area contributed by atoms with Gasteiger partial charge in [0.25, 0.3) is 0 Å². The lowest BCUT2D eigenvalue weighted by atomic mass is 9.96. The minimum Gasteiger partial charge on any atom is -0.378 e. The van der Waals surface area contributed by atoms with Crippen molar-refractivity contribution >= 4 is 0 Å². The molecule has 0 spiro atoms. The third-order valence-corrected chi connectivity index (χ3v) is 5.11. The molecule has 0 saturated carbocycles. The standard InChI is InChI=1S/C15H28N2O/c1-2-16-12-10-13-5-6-14(11-12)17(13)8-7-15-4-3-9-18-15/h12-16H,2-11H2,1H3. The number of hydrogen-bond donors (Lipinski definition) is 1. The van der Waals surface area contributed by atoms with Gasteiger partial charge in [0.2, 0.25) is 0 Å². The van der Waals surface area contributed by atoms with Crippen molar-refractivity contribution in [2.45, 2.75) is 76.1 Å². The molecule has 3 unspecified atom stereocenters. The predicted octanol–water partition coefficient (Wildman–Crippen LogP) is 2.16. The van der Waals surface area contributed by atoms with Crippen LogP contribution in [-0.4, -0.2) is 48.8 Å². The Hall–Kier alpha value is -0.120. The largest absolute Gasteiger partial charge is 0.378 e. The smallest absolute Gasteiger partial charge is 0.0588 e. The molecule has 3 atom stereocenters. The third-order valence-electron chi connectivity index (χ3n) is 5.11. The van der Waals surface area contributed by atoms with Gasteiger partial charge >= 0.3 is 0 Å². The van der Waals surface area contributed by atoms with Gasteiger partial charge in [-0.3, -0.25) is 4.90 Å². The van der Waals surface area contributed by atoms with Crippen LogP contribution in [0.4, 0.5) is 0 Å². The molecule has 3 aliphatic rings. The number of fused-ring (bicyclic) bond motifs is 2. The van der Waals surface area contributed by atoms with E-state index in [4.69, 9.17) is 4.74 Å². The van der Waals surface area contributed by atoms with Gasteiger partial charge in [0.05, 0.1) is 6.10 Å². The van der Waals surface area contributed by atoms with Crippen LogP contribution in [0.5, 0.6) is 0 Å². The van der Waals surface area contributed by atoms with E-state index in [-0.39, 0.29) is 0 Å². The van der Waals surface area contributed by atoms with Gasteiger partial charge in [-0.1, -0.05) is 6.92 Å². The highest BCUT2D eigenvalue weighted by Crippen LogP contribution is 2.36. The lowest BCUT2D eigenvalue weighted by Crippen LogP contribution is -2.49. The zero-order valence-corrected chi connectivity index (χ0v) is 11.7. The molecule has 3 heterocycles. The molecule has 0 radical (unpaired) electrons. The number of rotatable bonds is 5. The van der Waals surface area contributed by atoms with Crippen molar-refractivity contribution in [2.75, 3.05) is 19.7 Å². The molecule has 0 aliphatic carbocycles. The van der Waals surface area contributed by atoms with Crippen molar-refractivity contribution in [2.24, 2.45) is 0 Å². The normalized spacial score (nSPS) is 40.5. The molecule has 0 aromatic carbocycles. The maximum Gasteiger partial charge on any atom is 0.0588 e. The summed E-state index contributed by atoms with van der Waals surface area (Å²) in [6.45, 7) is 5.63. The zero-order valence-electron chi connectivity index (χ0n) is 11.7. The molecule has 2 bridgehead atoms. The predicted molar refractivity (Wildman–Crippen MR) is 73.8 cm³/mol. The maximum atomic E-state index is 5.76. The van der Waals surface area contributed by atoms with Crippen LogP contribution in [0.1, 0.15) is 51.9 Å². The Bertz CT molecular complexity index is 251. The van der Waals surface area contributed by atoms with Gasteiger partial charge in [0, 0.05) is 31.3 Å². The SMILES string of the molecule is CCNC1CC2CCC(C1)N2CCC1CCCO1. The molecular weight excluding hydrogens is 224 g/mol. The Balaban J connectivity index is 1.48. The van der Waals surface area contributed by atoms with E-state index < -0.39 is 0 Å². The highest BCUT2D eigenvalue weighted by molar-refractivity contribution is 4.97. The van der Waals surface area contributed by atoms with Crippen LogP contribution in [0.3, 0.4) is 0 Å². The summed E-state index contributed by atoms with van der Waals surface area (Å²) < 4.78 is 5.76. The number of nitrogens with one attached hydrogen (secondary N) is 1. The van der Waals surface area contributed by atoms with Crippen LogP contribution in [0.25, 0.3) is 0 Å². The molecule has 3 saturated heterocycles. The van der Waals surface area contributed by atoms with E-state index in [9.17, 15) is 0 Å². The molecule has 104 valence electrons. The average Bonchev–Trinajstić information content (AvgIpc) is 2.94. The summed E-state index contributed by atoms with van der Waals surface area (Å²) >= 11 is 0. The molecule has 3 heteroatoms. The second-order valence-electron chi connectivity index (χ2n) is 6.27. The fraction of sp³-hybridized carbons (Fsp3) is 1.00. The van der Waals surface area contributed by atoms with Gasteiger partial charge in [-0.15, -0.1) is 0 Å². The molecule has 1 N–H and O–H groups in total. The summed E-state index contributed by atoms with van der Waals surface area (Å²) in [6.07, 6.45) is 10.0.